The van der Waals surface area contributed by atoms with Crippen LogP contribution in [0, 0.1) is 0 Å². The maximum atomic E-state index is 10.6. The number of halogens is 1. The Bertz CT molecular complexity index is 641. The molecule has 0 radical (unpaired) electrons. The quantitative estimate of drug-likeness (QED) is 0.830. The fourth-order valence-electron chi connectivity index (χ4n) is 1.79. The lowest BCUT2D eigenvalue weighted by molar-refractivity contribution is -0.131. The number of nitrogens with zero attached hydrogens (tertiary/aromatic N) is 1. The van der Waals surface area contributed by atoms with Gasteiger partial charge in [-0.15, -0.1) is 0 Å². The Balaban J connectivity index is 2.06. The van der Waals surface area contributed by atoms with E-state index in [0.717, 1.165) is 11.6 Å². The van der Waals surface area contributed by atoms with Gasteiger partial charge in [0.15, 0.2) is 0 Å². The summed E-state index contributed by atoms with van der Waals surface area (Å²) in [5.74, 6) is -0.531. The third kappa shape index (κ3) is 4.61. The molecule has 0 spiro atoms. The van der Waals surface area contributed by atoms with Crippen molar-refractivity contribution in [1.29, 1.82) is 0 Å². The molecule has 0 aliphatic rings. The maximum absolute atomic E-state index is 10.6. The zero-order valence-electron chi connectivity index (χ0n) is 11.2. The lowest BCUT2D eigenvalue weighted by Crippen LogP contribution is -2.03. The third-order valence-electron chi connectivity index (χ3n) is 2.76. The lowest BCUT2D eigenvalue weighted by Gasteiger charge is -2.11. The Morgan fingerprint density at radius 3 is 2.90 bits per heavy atom. The van der Waals surface area contributed by atoms with Gasteiger partial charge in [0.25, 0.3) is 0 Å². The molecule has 2 rings (SSSR count). The highest BCUT2D eigenvalue weighted by atomic mass is 35.5. The van der Waals surface area contributed by atoms with E-state index >= 15 is 0 Å². The summed E-state index contributed by atoms with van der Waals surface area (Å²) in [5.41, 5.74) is 1.70. The topological polar surface area (TPSA) is 59.4 Å². The van der Waals surface area contributed by atoms with E-state index in [9.17, 15) is 4.79 Å². The summed E-state index contributed by atoms with van der Waals surface area (Å²) in [6, 6.07) is 9.04. The van der Waals surface area contributed by atoms with Gasteiger partial charge in [-0.05, 0) is 23.8 Å². The number of carboxylic acid groups (broad SMARTS) is 1. The Morgan fingerprint density at radius 1 is 1.33 bits per heavy atom. The number of ether oxygens (including phenoxy) is 1. The lowest BCUT2D eigenvalue weighted by atomic mass is 10.2. The number of rotatable bonds is 6. The number of aromatic nitrogens is 1. The van der Waals surface area contributed by atoms with E-state index < -0.39 is 5.97 Å². The first-order valence-electron chi connectivity index (χ1n) is 6.38. The van der Waals surface area contributed by atoms with Crippen LogP contribution in [0.1, 0.15) is 11.1 Å². The molecule has 4 nitrogen and oxygen atoms in total. The van der Waals surface area contributed by atoms with E-state index in [1.54, 1.807) is 30.6 Å². The number of hydrogen-bond acceptors (Lipinski definition) is 3. The van der Waals surface area contributed by atoms with Crippen LogP contribution < -0.4 is 4.74 Å². The van der Waals surface area contributed by atoms with E-state index in [1.807, 2.05) is 12.1 Å². The Kier molecular flexibility index (Phi) is 5.35. The van der Waals surface area contributed by atoms with E-state index in [0.29, 0.717) is 29.4 Å². The van der Waals surface area contributed by atoms with Crippen molar-refractivity contribution in [1.82, 2.24) is 4.98 Å². The first-order valence-corrected chi connectivity index (χ1v) is 6.76. The molecule has 0 bridgehead atoms. The molecule has 0 unspecified atom stereocenters. The van der Waals surface area contributed by atoms with Gasteiger partial charge in [0.1, 0.15) is 5.75 Å². The number of aliphatic carboxylic acids is 1. The molecule has 0 saturated carbocycles. The Hall–Kier alpha value is -2.33. The Morgan fingerprint density at radius 2 is 2.19 bits per heavy atom. The number of hydrogen-bond donors (Lipinski definition) is 1. The highest BCUT2D eigenvalue weighted by Crippen LogP contribution is 2.29. The minimum atomic E-state index is -1.02. The van der Waals surface area contributed by atoms with Crippen LogP contribution in [-0.2, 0) is 11.2 Å². The van der Waals surface area contributed by atoms with Crippen LogP contribution in [0.2, 0.25) is 5.02 Å². The predicted molar refractivity (Wildman–Crippen MR) is 81.6 cm³/mol. The van der Waals surface area contributed by atoms with Gasteiger partial charge >= 0.3 is 5.97 Å². The van der Waals surface area contributed by atoms with Gasteiger partial charge < -0.3 is 9.84 Å². The van der Waals surface area contributed by atoms with Crippen LogP contribution in [0.5, 0.6) is 5.75 Å². The fraction of sp³-hybridized carbons (Fsp3) is 0.125. The highest BCUT2D eigenvalue weighted by Gasteiger charge is 2.07. The second-order valence-corrected chi connectivity index (χ2v) is 4.70. The molecule has 108 valence electrons. The number of para-hydroxylation sites is 1. The van der Waals surface area contributed by atoms with Gasteiger partial charge in [0.2, 0.25) is 0 Å². The predicted octanol–water partition coefficient (Wildman–Crippen LogP) is 3.45. The maximum Gasteiger partial charge on any atom is 0.328 e. The minimum absolute atomic E-state index is 0.434. The minimum Gasteiger partial charge on any atom is -0.491 e. The molecule has 0 aliphatic heterocycles. The standard InChI is InChI=1S/C16H14ClNO3/c17-14-5-1-4-13(6-7-15(19)20)16(14)21-10-8-12-3-2-9-18-11-12/h1-7,9,11H,8,10H2,(H,19,20)/b7-6+. The van der Waals surface area contributed by atoms with Gasteiger partial charge in [-0.2, -0.15) is 0 Å². The second kappa shape index (κ2) is 7.45. The molecule has 2 aromatic rings. The van der Waals surface area contributed by atoms with Crippen molar-refractivity contribution < 1.29 is 14.6 Å². The molecule has 21 heavy (non-hydrogen) atoms. The summed E-state index contributed by atoms with van der Waals surface area (Å²) in [4.78, 5) is 14.6. The zero-order chi connectivity index (χ0) is 15.1. The summed E-state index contributed by atoms with van der Waals surface area (Å²) >= 11 is 6.11. The van der Waals surface area contributed by atoms with Crippen molar-refractivity contribution in [3.63, 3.8) is 0 Å². The molecule has 5 heteroatoms. The van der Waals surface area contributed by atoms with Crippen LogP contribution in [-0.4, -0.2) is 22.7 Å². The molecule has 0 atom stereocenters. The van der Waals surface area contributed by atoms with Crippen molar-refractivity contribution in [2.75, 3.05) is 6.61 Å². The Labute approximate surface area is 127 Å². The monoisotopic (exact) mass is 303 g/mol. The smallest absolute Gasteiger partial charge is 0.328 e. The van der Waals surface area contributed by atoms with Gasteiger partial charge in [0, 0.05) is 30.5 Å². The molecule has 1 N–H and O–H groups in total. The largest absolute Gasteiger partial charge is 0.491 e. The van der Waals surface area contributed by atoms with E-state index in [2.05, 4.69) is 4.98 Å². The molecule has 1 heterocycles. The first-order chi connectivity index (χ1) is 10.2. The molecule has 1 aromatic carbocycles. The van der Waals surface area contributed by atoms with Crippen LogP contribution in [0.4, 0.5) is 0 Å². The van der Waals surface area contributed by atoms with Crippen LogP contribution in [0.25, 0.3) is 6.08 Å². The van der Waals surface area contributed by atoms with Crippen molar-refractivity contribution in [2.45, 2.75) is 6.42 Å². The van der Waals surface area contributed by atoms with Crippen molar-refractivity contribution >= 4 is 23.6 Å². The average Bonchev–Trinajstić information content (AvgIpc) is 2.48. The van der Waals surface area contributed by atoms with Crippen molar-refractivity contribution in [3.05, 3.63) is 65.0 Å². The van der Waals surface area contributed by atoms with Crippen molar-refractivity contribution in [3.8, 4) is 5.75 Å². The second-order valence-electron chi connectivity index (χ2n) is 4.29. The number of carboxylic acids is 1. The van der Waals surface area contributed by atoms with Crippen LogP contribution >= 0.6 is 11.6 Å². The summed E-state index contributed by atoms with van der Waals surface area (Å²) in [7, 11) is 0. The molecule has 0 aliphatic carbocycles. The van der Waals surface area contributed by atoms with E-state index in [4.69, 9.17) is 21.4 Å². The molecular formula is C16H14ClNO3. The summed E-state index contributed by atoms with van der Waals surface area (Å²) < 4.78 is 5.70. The van der Waals surface area contributed by atoms with Gasteiger partial charge in [-0.3, -0.25) is 4.98 Å². The number of pyridine rings is 1. The molecule has 0 saturated heterocycles. The SMILES string of the molecule is O=C(O)/C=C/c1cccc(Cl)c1OCCc1cccnc1. The molecular weight excluding hydrogens is 290 g/mol. The third-order valence-corrected chi connectivity index (χ3v) is 3.06. The summed E-state index contributed by atoms with van der Waals surface area (Å²) in [6.07, 6.45) is 6.71. The normalized spacial score (nSPS) is 10.7. The zero-order valence-corrected chi connectivity index (χ0v) is 12.0. The van der Waals surface area contributed by atoms with Gasteiger partial charge in [0.05, 0.1) is 11.6 Å². The highest BCUT2D eigenvalue weighted by molar-refractivity contribution is 6.32. The number of benzene rings is 1. The van der Waals surface area contributed by atoms with E-state index in [1.165, 1.54) is 6.08 Å². The summed E-state index contributed by atoms with van der Waals surface area (Å²) in [5, 5.41) is 9.14. The van der Waals surface area contributed by atoms with Gasteiger partial charge in [-0.1, -0.05) is 29.8 Å². The van der Waals surface area contributed by atoms with Gasteiger partial charge in [-0.25, -0.2) is 4.79 Å². The van der Waals surface area contributed by atoms with Crippen molar-refractivity contribution in [2.24, 2.45) is 0 Å². The average molecular weight is 304 g/mol. The van der Waals surface area contributed by atoms with Crippen LogP contribution in [0.15, 0.2) is 48.8 Å². The fourth-order valence-corrected chi connectivity index (χ4v) is 2.02. The van der Waals surface area contributed by atoms with Crippen LogP contribution in [0.3, 0.4) is 0 Å². The molecule has 0 fully saturated rings. The molecule has 0 amide bonds. The summed E-state index contributed by atoms with van der Waals surface area (Å²) in [6.45, 7) is 0.434. The number of carbonyl (C=O) groups is 1. The van der Waals surface area contributed by atoms with E-state index in [-0.39, 0.29) is 0 Å². The first kappa shape index (κ1) is 15.1. The molecule has 1 aromatic heterocycles.